The minimum absolute atomic E-state index is 0.274. The minimum Gasteiger partial charge on any atom is -0.477 e. The third-order valence-electron chi connectivity index (χ3n) is 5.94. The lowest BCUT2D eigenvalue weighted by molar-refractivity contribution is -0.0848. The largest absolute Gasteiger partial charge is 0.477 e. The number of likely N-dealkylation sites (tertiary alicyclic amines) is 1. The first kappa shape index (κ1) is 19.3. The quantitative estimate of drug-likeness (QED) is 0.639. The van der Waals surface area contributed by atoms with Crippen molar-refractivity contribution >= 4 is 22.7 Å². The van der Waals surface area contributed by atoms with Crippen LogP contribution in [0.5, 0.6) is 5.88 Å². The highest BCUT2D eigenvalue weighted by Crippen LogP contribution is 2.31. The molecule has 3 aromatic rings. The van der Waals surface area contributed by atoms with Crippen molar-refractivity contribution in [1.29, 1.82) is 0 Å². The lowest BCUT2D eigenvalue weighted by atomic mass is 10.0. The number of hydrogen-bond acceptors (Lipinski definition) is 7. The van der Waals surface area contributed by atoms with Crippen molar-refractivity contribution in [3.63, 3.8) is 0 Å². The Bertz CT molecular complexity index is 1030. The molecule has 0 bridgehead atoms. The number of alkyl halides is 1. The van der Waals surface area contributed by atoms with Crippen LogP contribution in [0, 0.1) is 6.92 Å². The van der Waals surface area contributed by atoms with Gasteiger partial charge >= 0.3 is 0 Å². The Morgan fingerprint density at radius 3 is 2.97 bits per heavy atom. The van der Waals surface area contributed by atoms with Crippen LogP contribution < -0.4 is 10.1 Å². The van der Waals surface area contributed by atoms with Crippen molar-refractivity contribution < 1.29 is 13.9 Å². The minimum atomic E-state index is -0.970. The van der Waals surface area contributed by atoms with Gasteiger partial charge in [-0.15, -0.1) is 0 Å². The second kappa shape index (κ2) is 7.84. The Morgan fingerprint density at radius 2 is 2.23 bits per heavy atom. The maximum absolute atomic E-state index is 15.0. The van der Waals surface area contributed by atoms with Gasteiger partial charge in [0.1, 0.15) is 11.8 Å². The molecule has 0 aliphatic carbocycles. The zero-order valence-electron chi connectivity index (χ0n) is 17.1. The van der Waals surface area contributed by atoms with Crippen molar-refractivity contribution in [3.8, 4) is 5.88 Å². The monoisotopic (exact) mass is 415 g/mol. The summed E-state index contributed by atoms with van der Waals surface area (Å²) in [5.74, 6) is 0.931. The molecule has 0 aromatic carbocycles. The molecule has 0 unspecified atom stereocenters. The summed E-state index contributed by atoms with van der Waals surface area (Å²) in [7, 11) is 0. The highest BCUT2D eigenvalue weighted by atomic mass is 19.1. The number of nitrogens with zero attached hydrogens (tertiary/aromatic N) is 5. The molecule has 0 radical (unpaired) electrons. The Labute approximate surface area is 173 Å². The Balaban J connectivity index is 1.34. The van der Waals surface area contributed by atoms with Gasteiger partial charge in [0, 0.05) is 19.3 Å². The number of H-pyrrole nitrogens is 1. The number of rotatable bonds is 6. The number of halogens is 1. The molecule has 2 fully saturated rings. The number of aromatic nitrogens is 5. The molecular formula is C20H26FN7O2. The van der Waals surface area contributed by atoms with Gasteiger partial charge in [0.05, 0.1) is 54.9 Å². The maximum Gasteiger partial charge on any atom is 0.232 e. The van der Waals surface area contributed by atoms with E-state index in [4.69, 9.17) is 9.47 Å². The van der Waals surface area contributed by atoms with Crippen molar-refractivity contribution in [3.05, 3.63) is 24.2 Å². The summed E-state index contributed by atoms with van der Waals surface area (Å²) in [6, 6.07) is 1.97. The van der Waals surface area contributed by atoms with Crippen LogP contribution in [0.25, 0.3) is 11.0 Å². The van der Waals surface area contributed by atoms with Crippen LogP contribution in [-0.2, 0) is 4.74 Å². The lowest BCUT2D eigenvalue weighted by Crippen LogP contribution is -2.55. The molecule has 0 spiro atoms. The number of fused-ring (bicyclic) bond motifs is 1. The van der Waals surface area contributed by atoms with Gasteiger partial charge in [-0.2, -0.15) is 15.1 Å². The average molecular weight is 415 g/mol. The fraction of sp³-hybridized carbons (Fsp3) is 0.550. The molecule has 2 N–H and O–H groups in total. The van der Waals surface area contributed by atoms with Crippen LogP contribution in [0.4, 0.5) is 16.0 Å². The molecule has 5 heterocycles. The molecule has 9 nitrogen and oxygen atoms in total. The summed E-state index contributed by atoms with van der Waals surface area (Å²) in [5.41, 5.74) is 2.30. The fourth-order valence-electron chi connectivity index (χ4n) is 4.17. The predicted molar refractivity (Wildman–Crippen MR) is 110 cm³/mol. The van der Waals surface area contributed by atoms with Gasteiger partial charge < -0.3 is 19.8 Å². The zero-order valence-corrected chi connectivity index (χ0v) is 17.1. The normalized spacial score (nSPS) is 22.9. The van der Waals surface area contributed by atoms with E-state index in [1.165, 1.54) is 0 Å². The van der Waals surface area contributed by atoms with E-state index in [1.54, 1.807) is 17.1 Å². The first-order valence-corrected chi connectivity index (χ1v) is 10.4. The van der Waals surface area contributed by atoms with Gasteiger partial charge in [0.2, 0.25) is 11.8 Å². The van der Waals surface area contributed by atoms with Crippen LogP contribution in [-0.4, -0.2) is 74.8 Å². The van der Waals surface area contributed by atoms with E-state index in [1.807, 2.05) is 19.9 Å². The van der Waals surface area contributed by atoms with E-state index in [0.29, 0.717) is 49.9 Å². The molecule has 160 valence electrons. The van der Waals surface area contributed by atoms with E-state index >= 15 is 0 Å². The van der Waals surface area contributed by atoms with E-state index in [2.05, 4.69) is 30.3 Å². The molecule has 2 aliphatic rings. The number of ether oxygens (including phenoxy) is 2. The SMILES string of the molecule is CCOc1nc(Nc2cnn([C@H]3CCN(C4COC4)C[C@@H]3F)c2C)nc2[nH]ccc12. The highest BCUT2D eigenvalue weighted by molar-refractivity contribution is 5.82. The summed E-state index contributed by atoms with van der Waals surface area (Å²) in [6.45, 7) is 7.06. The summed E-state index contributed by atoms with van der Waals surface area (Å²) < 4.78 is 27.7. The molecule has 0 saturated carbocycles. The molecule has 2 atom stereocenters. The molecule has 2 saturated heterocycles. The Morgan fingerprint density at radius 1 is 1.37 bits per heavy atom. The summed E-state index contributed by atoms with van der Waals surface area (Å²) in [5, 5.41) is 8.53. The smallest absolute Gasteiger partial charge is 0.232 e. The van der Waals surface area contributed by atoms with Gasteiger partial charge in [-0.3, -0.25) is 9.58 Å². The summed E-state index contributed by atoms with van der Waals surface area (Å²) >= 11 is 0. The van der Waals surface area contributed by atoms with Crippen molar-refractivity contribution in [2.45, 2.75) is 38.5 Å². The topological polar surface area (TPSA) is 93.1 Å². The van der Waals surface area contributed by atoms with Crippen molar-refractivity contribution in [2.24, 2.45) is 0 Å². The van der Waals surface area contributed by atoms with E-state index < -0.39 is 6.17 Å². The molecular weight excluding hydrogens is 389 g/mol. The van der Waals surface area contributed by atoms with Crippen LogP contribution in [0.15, 0.2) is 18.5 Å². The number of aromatic amines is 1. The van der Waals surface area contributed by atoms with Gasteiger partial charge in [0.25, 0.3) is 0 Å². The standard InChI is InChI=1S/C20H26FN7O2/c1-3-30-19-14-4-6-22-18(14)25-20(26-19)24-16-8-23-28(12(16)2)17-5-7-27(9-15(17)21)13-10-29-11-13/h4,6,8,13,15,17H,3,5,7,9-11H2,1-2H3,(H2,22,24,25,26)/t15-,17-/m0/s1. The molecule has 30 heavy (non-hydrogen) atoms. The fourth-order valence-corrected chi connectivity index (χ4v) is 4.17. The van der Waals surface area contributed by atoms with Crippen LogP contribution in [0.1, 0.15) is 25.1 Å². The lowest BCUT2D eigenvalue weighted by Gasteiger charge is -2.42. The first-order chi connectivity index (χ1) is 14.6. The van der Waals surface area contributed by atoms with E-state index in [-0.39, 0.29) is 6.04 Å². The molecule has 0 amide bonds. The summed E-state index contributed by atoms with van der Waals surface area (Å²) in [6.07, 6.45) is 3.26. The predicted octanol–water partition coefficient (Wildman–Crippen LogP) is 2.59. The molecule has 3 aromatic heterocycles. The Kier molecular flexibility index (Phi) is 5.03. The van der Waals surface area contributed by atoms with Gasteiger partial charge in [-0.25, -0.2) is 4.39 Å². The van der Waals surface area contributed by atoms with Crippen molar-refractivity contribution in [2.75, 3.05) is 38.2 Å². The van der Waals surface area contributed by atoms with Crippen LogP contribution >= 0.6 is 0 Å². The van der Waals surface area contributed by atoms with Gasteiger partial charge in [0.15, 0.2) is 0 Å². The average Bonchev–Trinajstić information content (AvgIpc) is 3.29. The van der Waals surface area contributed by atoms with Crippen LogP contribution in [0.2, 0.25) is 0 Å². The van der Waals surface area contributed by atoms with E-state index in [9.17, 15) is 4.39 Å². The highest BCUT2D eigenvalue weighted by Gasteiger charge is 2.37. The van der Waals surface area contributed by atoms with E-state index in [0.717, 1.165) is 29.7 Å². The first-order valence-electron chi connectivity index (χ1n) is 10.4. The number of piperidine rings is 1. The maximum atomic E-state index is 15.0. The molecule has 5 rings (SSSR count). The van der Waals surface area contributed by atoms with Gasteiger partial charge in [-0.1, -0.05) is 0 Å². The van der Waals surface area contributed by atoms with Gasteiger partial charge in [-0.05, 0) is 26.3 Å². The second-order valence-electron chi connectivity index (χ2n) is 7.80. The Hall–Kier alpha value is -2.72. The number of anilines is 2. The summed E-state index contributed by atoms with van der Waals surface area (Å²) in [4.78, 5) is 14.3. The third kappa shape index (κ3) is 3.39. The zero-order chi connectivity index (χ0) is 20.7. The third-order valence-corrected chi connectivity index (χ3v) is 5.94. The van der Waals surface area contributed by atoms with Crippen LogP contribution in [0.3, 0.4) is 0 Å². The van der Waals surface area contributed by atoms with Crippen molar-refractivity contribution in [1.82, 2.24) is 29.6 Å². The molecule has 10 heteroatoms. The number of hydrogen-bond donors (Lipinski definition) is 2. The number of nitrogens with one attached hydrogen (secondary N) is 2. The second-order valence-corrected chi connectivity index (χ2v) is 7.80. The molecule has 2 aliphatic heterocycles.